The summed E-state index contributed by atoms with van der Waals surface area (Å²) in [4.78, 5) is 11.2. The van der Waals surface area contributed by atoms with Crippen molar-refractivity contribution < 1.29 is 23.1 Å². The zero-order valence-corrected chi connectivity index (χ0v) is 11.3. The molecule has 1 rings (SSSR count). The minimum atomic E-state index is -1.58. The number of hydrogen-bond acceptors (Lipinski definition) is 1. The van der Waals surface area contributed by atoms with Gasteiger partial charge in [-0.05, 0) is 24.8 Å². The predicted molar refractivity (Wildman–Crippen MR) is 66.8 cm³/mol. The summed E-state index contributed by atoms with van der Waals surface area (Å²) in [5.41, 5.74) is 0. The molecule has 0 heterocycles. The van der Waals surface area contributed by atoms with Crippen LogP contribution in [0.5, 0.6) is 0 Å². The van der Waals surface area contributed by atoms with Crippen molar-refractivity contribution >= 4 is 17.6 Å². The summed E-state index contributed by atoms with van der Waals surface area (Å²) in [5.74, 6) is -7.89. The van der Waals surface area contributed by atoms with Crippen LogP contribution >= 0.6 is 11.6 Å². The number of halogens is 4. The standard InChI is InChI=1S/C13H16ClF3O2/c1-7-6-9(15)11(16)12(17)10(7)8(13(18)19)4-2-3-5-14/h6-8,10H,2-5H2,1H3,(H,18,19)/t7?,8-,10?/m0/s1. The molecule has 0 aliphatic heterocycles. The second-order valence-electron chi connectivity index (χ2n) is 4.69. The van der Waals surface area contributed by atoms with Gasteiger partial charge in [0.2, 0.25) is 0 Å². The van der Waals surface area contributed by atoms with Crippen LogP contribution in [0.3, 0.4) is 0 Å². The van der Waals surface area contributed by atoms with Crippen LogP contribution in [0.25, 0.3) is 0 Å². The lowest BCUT2D eigenvalue weighted by atomic mass is 9.76. The number of allylic oxidation sites excluding steroid dienone is 4. The zero-order chi connectivity index (χ0) is 14.6. The number of unbranched alkanes of at least 4 members (excludes halogenated alkanes) is 1. The van der Waals surface area contributed by atoms with E-state index in [2.05, 4.69) is 0 Å². The molecule has 2 nitrogen and oxygen atoms in total. The van der Waals surface area contributed by atoms with Crippen LogP contribution in [0.2, 0.25) is 0 Å². The first-order valence-electron chi connectivity index (χ1n) is 6.11. The lowest BCUT2D eigenvalue weighted by Crippen LogP contribution is -2.30. The summed E-state index contributed by atoms with van der Waals surface area (Å²) in [6, 6.07) is 0. The van der Waals surface area contributed by atoms with Crippen molar-refractivity contribution in [2.45, 2.75) is 26.2 Å². The van der Waals surface area contributed by atoms with Gasteiger partial charge >= 0.3 is 5.97 Å². The van der Waals surface area contributed by atoms with Crippen LogP contribution in [-0.4, -0.2) is 17.0 Å². The first-order chi connectivity index (χ1) is 8.90. The summed E-state index contributed by atoms with van der Waals surface area (Å²) in [6.07, 6.45) is 2.23. The molecule has 2 unspecified atom stereocenters. The van der Waals surface area contributed by atoms with E-state index >= 15 is 0 Å². The molecule has 1 N–H and O–H groups in total. The quantitative estimate of drug-likeness (QED) is 0.584. The van der Waals surface area contributed by atoms with Gasteiger partial charge in [0.1, 0.15) is 5.83 Å². The van der Waals surface area contributed by atoms with Crippen molar-refractivity contribution in [2.24, 2.45) is 17.8 Å². The van der Waals surface area contributed by atoms with Gasteiger partial charge in [0.15, 0.2) is 11.7 Å². The van der Waals surface area contributed by atoms with Gasteiger partial charge in [0, 0.05) is 11.8 Å². The van der Waals surface area contributed by atoms with Crippen LogP contribution in [0.4, 0.5) is 13.2 Å². The number of carboxylic acid groups (broad SMARTS) is 1. The van der Waals surface area contributed by atoms with Crippen molar-refractivity contribution in [1.82, 2.24) is 0 Å². The highest BCUT2D eigenvalue weighted by molar-refractivity contribution is 6.17. The van der Waals surface area contributed by atoms with Gasteiger partial charge in [-0.15, -0.1) is 11.6 Å². The third-order valence-corrected chi connectivity index (χ3v) is 3.60. The molecule has 0 bridgehead atoms. The van der Waals surface area contributed by atoms with Gasteiger partial charge < -0.3 is 5.11 Å². The molecule has 0 spiro atoms. The summed E-state index contributed by atoms with van der Waals surface area (Å²) < 4.78 is 40.1. The summed E-state index contributed by atoms with van der Waals surface area (Å²) >= 11 is 5.50. The molecule has 0 saturated carbocycles. The van der Waals surface area contributed by atoms with Gasteiger partial charge in [0.25, 0.3) is 0 Å². The van der Waals surface area contributed by atoms with Gasteiger partial charge in [-0.1, -0.05) is 13.3 Å². The van der Waals surface area contributed by atoms with Gasteiger partial charge in [0.05, 0.1) is 5.92 Å². The molecule has 0 aromatic heterocycles. The molecular formula is C13H16ClF3O2. The Morgan fingerprint density at radius 1 is 1.42 bits per heavy atom. The Morgan fingerprint density at radius 2 is 2.05 bits per heavy atom. The third-order valence-electron chi connectivity index (χ3n) is 3.34. The fourth-order valence-electron chi connectivity index (χ4n) is 2.36. The highest BCUT2D eigenvalue weighted by Crippen LogP contribution is 2.41. The van der Waals surface area contributed by atoms with Gasteiger partial charge in [-0.2, -0.15) is 0 Å². The van der Waals surface area contributed by atoms with Crippen LogP contribution in [-0.2, 0) is 4.79 Å². The minimum Gasteiger partial charge on any atom is -0.481 e. The summed E-state index contributed by atoms with van der Waals surface area (Å²) in [5, 5.41) is 9.15. The highest BCUT2D eigenvalue weighted by atomic mass is 35.5. The Bertz CT molecular complexity index is 407. The molecule has 19 heavy (non-hydrogen) atoms. The highest BCUT2D eigenvalue weighted by Gasteiger charge is 2.39. The maximum absolute atomic E-state index is 13.8. The summed E-state index contributed by atoms with van der Waals surface area (Å²) in [7, 11) is 0. The van der Waals surface area contributed by atoms with Crippen molar-refractivity contribution in [2.75, 3.05) is 5.88 Å². The average molecular weight is 297 g/mol. The van der Waals surface area contributed by atoms with Crippen molar-refractivity contribution in [1.29, 1.82) is 0 Å². The number of alkyl halides is 1. The normalized spacial score (nSPS) is 25.2. The molecule has 0 amide bonds. The van der Waals surface area contributed by atoms with Gasteiger partial charge in [-0.25, -0.2) is 13.2 Å². The number of aliphatic carboxylic acids is 1. The van der Waals surface area contributed by atoms with E-state index in [0.29, 0.717) is 18.7 Å². The molecule has 0 radical (unpaired) electrons. The molecule has 1 aliphatic carbocycles. The van der Waals surface area contributed by atoms with Crippen molar-refractivity contribution in [3.05, 3.63) is 23.6 Å². The van der Waals surface area contributed by atoms with E-state index in [9.17, 15) is 18.0 Å². The van der Waals surface area contributed by atoms with Crippen LogP contribution < -0.4 is 0 Å². The molecule has 3 atom stereocenters. The molecule has 1 aliphatic rings. The minimum absolute atomic E-state index is 0.188. The van der Waals surface area contributed by atoms with E-state index in [1.165, 1.54) is 6.92 Å². The maximum Gasteiger partial charge on any atom is 0.307 e. The first kappa shape index (κ1) is 16.1. The summed E-state index contributed by atoms with van der Waals surface area (Å²) in [6.45, 7) is 1.48. The Balaban J connectivity index is 2.93. The van der Waals surface area contributed by atoms with Crippen molar-refractivity contribution in [3.8, 4) is 0 Å². The van der Waals surface area contributed by atoms with E-state index in [0.717, 1.165) is 6.08 Å². The smallest absolute Gasteiger partial charge is 0.307 e. The van der Waals surface area contributed by atoms with E-state index in [1.807, 2.05) is 0 Å². The number of carbonyl (C=O) groups is 1. The number of rotatable bonds is 6. The Labute approximate surface area is 114 Å². The van der Waals surface area contributed by atoms with E-state index in [4.69, 9.17) is 16.7 Å². The second kappa shape index (κ2) is 6.98. The second-order valence-corrected chi connectivity index (χ2v) is 5.07. The topological polar surface area (TPSA) is 37.3 Å². The molecule has 0 saturated heterocycles. The number of carboxylic acids is 1. The SMILES string of the molecule is CC1C=C(F)C(F)=C(F)C1[C@H](CCCCCl)C(=O)O. The Hall–Kier alpha value is -0.970. The van der Waals surface area contributed by atoms with E-state index < -0.39 is 41.2 Å². The monoisotopic (exact) mass is 296 g/mol. The lowest BCUT2D eigenvalue weighted by molar-refractivity contribution is -0.144. The fourth-order valence-corrected chi connectivity index (χ4v) is 2.55. The molecule has 0 aromatic carbocycles. The lowest BCUT2D eigenvalue weighted by Gasteiger charge is -2.29. The predicted octanol–water partition coefficient (Wildman–Crippen LogP) is 4.37. The largest absolute Gasteiger partial charge is 0.481 e. The first-order valence-corrected chi connectivity index (χ1v) is 6.65. The van der Waals surface area contributed by atoms with Crippen LogP contribution in [0, 0.1) is 17.8 Å². The Kier molecular flexibility index (Phi) is 5.91. The molecule has 0 fully saturated rings. The molecule has 6 heteroatoms. The maximum atomic E-state index is 13.8. The molecule has 0 aromatic rings. The average Bonchev–Trinajstić information content (AvgIpc) is 2.34. The fraction of sp³-hybridized carbons (Fsp3) is 0.615. The third kappa shape index (κ3) is 3.75. The zero-order valence-electron chi connectivity index (χ0n) is 10.5. The van der Waals surface area contributed by atoms with Crippen LogP contribution in [0.15, 0.2) is 23.6 Å². The number of hydrogen-bond donors (Lipinski definition) is 1. The van der Waals surface area contributed by atoms with Crippen molar-refractivity contribution in [3.63, 3.8) is 0 Å². The van der Waals surface area contributed by atoms with Crippen LogP contribution in [0.1, 0.15) is 26.2 Å². The van der Waals surface area contributed by atoms with Gasteiger partial charge in [-0.3, -0.25) is 4.79 Å². The van der Waals surface area contributed by atoms with E-state index in [-0.39, 0.29) is 6.42 Å². The Morgan fingerprint density at radius 3 is 2.58 bits per heavy atom. The van der Waals surface area contributed by atoms with E-state index in [1.54, 1.807) is 0 Å². The molecule has 108 valence electrons. The molecular weight excluding hydrogens is 281 g/mol.